The maximum absolute atomic E-state index is 6.13. The van der Waals surface area contributed by atoms with E-state index in [1.807, 2.05) is 77.8 Å². The lowest BCUT2D eigenvalue weighted by Gasteiger charge is -2.15. The van der Waals surface area contributed by atoms with Crippen molar-refractivity contribution in [1.29, 1.82) is 0 Å². The predicted molar refractivity (Wildman–Crippen MR) is 218 cm³/mol. The third kappa shape index (κ3) is 14.8. The highest BCUT2D eigenvalue weighted by Crippen LogP contribution is 2.47. The molecule has 0 radical (unpaired) electrons. The number of fused-ring (bicyclic) bond motifs is 2. The first-order valence-corrected chi connectivity index (χ1v) is 26.2. The van der Waals surface area contributed by atoms with Gasteiger partial charge < -0.3 is 27.8 Å². The van der Waals surface area contributed by atoms with Crippen LogP contribution in [0.4, 0.5) is 0 Å². The van der Waals surface area contributed by atoms with Crippen molar-refractivity contribution < 1.29 is 27.8 Å². The molecule has 0 aliphatic rings. The molecule has 4 atom stereocenters. The van der Waals surface area contributed by atoms with Gasteiger partial charge in [0, 0.05) is 50.8 Å². The first-order valence-electron chi connectivity index (χ1n) is 16.3. The molecule has 2 heterocycles. The van der Waals surface area contributed by atoms with Gasteiger partial charge in [-0.25, -0.2) is 9.97 Å². The van der Waals surface area contributed by atoms with Gasteiger partial charge in [-0.15, -0.1) is 22.7 Å². The van der Waals surface area contributed by atoms with Crippen molar-refractivity contribution in [2.75, 3.05) is 52.2 Å². The molecule has 8 nitrogen and oxygen atoms in total. The molecule has 0 bridgehead atoms. The van der Waals surface area contributed by atoms with Gasteiger partial charge in [0.2, 0.25) is 0 Å². The number of thiazole rings is 2. The Labute approximate surface area is 313 Å². The van der Waals surface area contributed by atoms with E-state index in [0.717, 1.165) is 60.7 Å². The maximum Gasteiger partial charge on any atom is 0.162 e. The summed E-state index contributed by atoms with van der Waals surface area (Å²) in [4.78, 5) is 10.0. The van der Waals surface area contributed by atoms with Crippen molar-refractivity contribution in [3.63, 3.8) is 0 Å². The molecular formula is C32H48N2O6S6Si2. The summed E-state index contributed by atoms with van der Waals surface area (Å²) < 4.78 is 36.2. The van der Waals surface area contributed by atoms with Crippen LogP contribution < -0.4 is 0 Å². The Morgan fingerprint density at radius 2 is 1.08 bits per heavy atom. The summed E-state index contributed by atoms with van der Waals surface area (Å²) in [5, 5.41) is 2.46. The second kappa shape index (κ2) is 24.1. The zero-order chi connectivity index (χ0) is 33.8. The Bertz CT molecular complexity index is 1270. The predicted octanol–water partition coefficient (Wildman–Crippen LogP) is 8.29. The van der Waals surface area contributed by atoms with Gasteiger partial charge >= 0.3 is 0 Å². The summed E-state index contributed by atoms with van der Waals surface area (Å²) >= 11 is 3.66. The standard InChI is InChI=1S/C32H48N2O6S6Si2/c1-23(35-3)37-15-9-17-39-47-21-25(31-33-27-11-5-7-13-29(27)43-31)19-41-45-46-42-20-26(22-48-40-18-10-16-38-24(2)36-4)32-34-28-12-6-8-14-30(28)44-32/h5-8,11-14,23-26H,9-10,15-22,47-48H2,1-4H3. The molecule has 4 aromatic rings. The average Bonchev–Trinajstić information content (AvgIpc) is 3.74. The Hall–Kier alpha value is -0.186. The highest BCUT2D eigenvalue weighted by atomic mass is 33.7. The maximum atomic E-state index is 6.13. The summed E-state index contributed by atoms with van der Waals surface area (Å²) in [6, 6.07) is 19.1. The SMILES string of the molecule is COC(C)OCCCO[SiH2]CC(CSSSSCC(C[SiH2]OCCCOC(C)OC)c1nc2ccccc2s1)c1nc2ccccc2s1. The minimum atomic E-state index is -0.665. The van der Waals surface area contributed by atoms with Crippen LogP contribution in [0.15, 0.2) is 48.5 Å². The van der Waals surface area contributed by atoms with Crippen molar-refractivity contribution in [3.05, 3.63) is 58.5 Å². The third-order valence-electron chi connectivity index (χ3n) is 7.44. The average molecular weight is 805 g/mol. The van der Waals surface area contributed by atoms with Crippen molar-refractivity contribution in [3.8, 4) is 0 Å². The lowest BCUT2D eigenvalue weighted by Crippen LogP contribution is -2.13. The first-order chi connectivity index (χ1) is 23.6. The summed E-state index contributed by atoms with van der Waals surface area (Å²) in [5.74, 6) is 2.86. The van der Waals surface area contributed by atoms with Crippen molar-refractivity contribution in [1.82, 2.24) is 9.97 Å². The molecule has 0 saturated heterocycles. The van der Waals surface area contributed by atoms with Crippen LogP contribution in [0.3, 0.4) is 0 Å². The van der Waals surface area contributed by atoms with Gasteiger partial charge in [0.1, 0.15) is 0 Å². The van der Waals surface area contributed by atoms with Crippen LogP contribution in [0.5, 0.6) is 0 Å². The van der Waals surface area contributed by atoms with E-state index in [4.69, 9.17) is 37.8 Å². The normalized spacial score (nSPS) is 15.0. The number of nitrogens with zero attached hydrogens (tertiary/aromatic N) is 2. The molecule has 4 rings (SSSR count). The molecule has 2 aromatic heterocycles. The Morgan fingerprint density at radius 3 is 1.50 bits per heavy atom. The van der Waals surface area contributed by atoms with Crippen LogP contribution in [0.2, 0.25) is 12.1 Å². The lowest BCUT2D eigenvalue weighted by molar-refractivity contribution is -0.112. The molecule has 0 aliphatic heterocycles. The van der Waals surface area contributed by atoms with E-state index in [1.165, 1.54) is 19.4 Å². The van der Waals surface area contributed by atoms with Gasteiger partial charge in [-0.05, 0) is 82.7 Å². The van der Waals surface area contributed by atoms with Crippen molar-refractivity contribution in [2.24, 2.45) is 0 Å². The van der Waals surface area contributed by atoms with E-state index in [1.54, 1.807) is 14.2 Å². The number of ether oxygens (including phenoxy) is 4. The van der Waals surface area contributed by atoms with Gasteiger partial charge in [0.05, 0.1) is 43.7 Å². The molecule has 16 heteroatoms. The van der Waals surface area contributed by atoms with E-state index >= 15 is 0 Å². The second-order valence-corrected chi connectivity index (χ2v) is 22.0. The van der Waals surface area contributed by atoms with Crippen LogP contribution in [-0.2, 0) is 27.8 Å². The van der Waals surface area contributed by atoms with Crippen LogP contribution in [0.25, 0.3) is 20.4 Å². The number of hydrogen-bond donors (Lipinski definition) is 0. The number of para-hydroxylation sites is 2. The van der Waals surface area contributed by atoms with E-state index < -0.39 is 19.5 Å². The minimum Gasteiger partial charge on any atom is -0.424 e. The van der Waals surface area contributed by atoms with Gasteiger partial charge in [0.15, 0.2) is 32.1 Å². The molecular weight excluding hydrogens is 757 g/mol. The molecule has 48 heavy (non-hydrogen) atoms. The quantitative estimate of drug-likeness (QED) is 0.0252. The van der Waals surface area contributed by atoms with Crippen LogP contribution in [0.1, 0.15) is 48.5 Å². The van der Waals surface area contributed by atoms with Gasteiger partial charge in [-0.3, -0.25) is 0 Å². The summed E-state index contributed by atoms with van der Waals surface area (Å²) in [7, 11) is 9.62. The molecule has 0 spiro atoms. The van der Waals surface area contributed by atoms with Crippen LogP contribution in [0, 0.1) is 0 Å². The lowest BCUT2D eigenvalue weighted by atomic mass is 10.2. The second-order valence-electron chi connectivity index (χ2n) is 11.0. The molecule has 266 valence electrons. The molecule has 0 N–H and O–H groups in total. The van der Waals surface area contributed by atoms with Gasteiger partial charge in [0.25, 0.3) is 0 Å². The van der Waals surface area contributed by atoms with E-state index in [-0.39, 0.29) is 12.6 Å². The smallest absolute Gasteiger partial charge is 0.162 e. The Balaban J connectivity index is 1.21. The summed E-state index contributed by atoms with van der Waals surface area (Å²) in [5.41, 5.74) is 2.19. The Kier molecular flexibility index (Phi) is 20.4. The zero-order valence-electron chi connectivity index (χ0n) is 28.2. The number of aromatic nitrogens is 2. The molecule has 2 aromatic carbocycles. The molecule has 0 fully saturated rings. The minimum absolute atomic E-state index is 0.169. The number of rotatable bonds is 27. The number of hydrogen-bond acceptors (Lipinski definition) is 14. The Morgan fingerprint density at radius 1 is 0.646 bits per heavy atom. The summed E-state index contributed by atoms with van der Waals surface area (Å²) in [6.07, 6.45) is 1.44. The number of methoxy groups -OCH3 is 2. The first kappa shape index (κ1) is 40.6. The summed E-state index contributed by atoms with van der Waals surface area (Å²) in [6.45, 7) is 6.63. The molecule has 4 unspecified atom stereocenters. The van der Waals surface area contributed by atoms with E-state index in [2.05, 4.69) is 48.5 Å². The van der Waals surface area contributed by atoms with Crippen molar-refractivity contribution in [2.45, 2.75) is 63.2 Å². The molecule has 0 saturated carbocycles. The molecule has 0 aliphatic carbocycles. The topological polar surface area (TPSA) is 81.2 Å². The van der Waals surface area contributed by atoms with Crippen molar-refractivity contribution >= 4 is 104 Å². The zero-order valence-corrected chi connectivity index (χ0v) is 35.9. The number of benzene rings is 2. The van der Waals surface area contributed by atoms with E-state index in [0.29, 0.717) is 25.0 Å². The highest BCUT2D eigenvalue weighted by Gasteiger charge is 2.20. The van der Waals surface area contributed by atoms with E-state index in [9.17, 15) is 0 Å². The monoisotopic (exact) mass is 804 g/mol. The van der Waals surface area contributed by atoms with Crippen LogP contribution in [-0.4, -0.2) is 94.2 Å². The molecule has 0 amide bonds. The fourth-order valence-electron chi connectivity index (χ4n) is 4.56. The van der Waals surface area contributed by atoms with Crippen LogP contribution >= 0.6 is 63.9 Å². The fourth-order valence-corrected chi connectivity index (χ4v) is 17.2. The van der Waals surface area contributed by atoms with Gasteiger partial charge in [-0.2, -0.15) is 0 Å². The largest absolute Gasteiger partial charge is 0.424 e. The van der Waals surface area contributed by atoms with Gasteiger partial charge in [-0.1, -0.05) is 45.9 Å². The highest BCUT2D eigenvalue weighted by molar-refractivity contribution is 9.26. The third-order valence-corrected chi connectivity index (χ3v) is 19.5. The fraction of sp³-hybridized carbons (Fsp3) is 0.562.